The molecule has 5 nitrogen and oxygen atoms in total. The van der Waals surface area contributed by atoms with E-state index in [-0.39, 0.29) is 11.6 Å². The zero-order valence-corrected chi connectivity index (χ0v) is 8.40. The molecule has 1 rings (SSSR count). The van der Waals surface area contributed by atoms with Gasteiger partial charge in [-0.1, -0.05) is 6.92 Å². The van der Waals surface area contributed by atoms with E-state index < -0.39 is 0 Å². The van der Waals surface area contributed by atoms with E-state index >= 15 is 0 Å². The highest BCUT2D eigenvalue weighted by atomic mass is 16.5. The van der Waals surface area contributed by atoms with Gasteiger partial charge in [0.2, 0.25) is 17.6 Å². The molecule has 0 aliphatic heterocycles. The third-order valence-corrected chi connectivity index (χ3v) is 1.67. The van der Waals surface area contributed by atoms with Crippen molar-refractivity contribution in [3.63, 3.8) is 0 Å². The molecule has 5 heteroatoms. The molecule has 76 valence electrons. The van der Waals surface area contributed by atoms with Crippen molar-refractivity contribution >= 4 is 5.78 Å². The summed E-state index contributed by atoms with van der Waals surface area (Å²) < 4.78 is 9.82. The Bertz CT molecular complexity index is 317. The van der Waals surface area contributed by atoms with Crippen molar-refractivity contribution in [1.82, 2.24) is 9.97 Å². The van der Waals surface area contributed by atoms with E-state index in [1.165, 1.54) is 20.3 Å². The van der Waals surface area contributed by atoms with Gasteiger partial charge in [-0.05, 0) is 0 Å². The molecule has 0 saturated heterocycles. The number of aromatic nitrogens is 2. The molecule has 0 aliphatic rings. The molecule has 14 heavy (non-hydrogen) atoms. The molecule has 1 aromatic rings. The summed E-state index contributed by atoms with van der Waals surface area (Å²) in [5.74, 6) is 0.646. The van der Waals surface area contributed by atoms with Crippen LogP contribution in [0.15, 0.2) is 6.07 Å². The van der Waals surface area contributed by atoms with Crippen molar-refractivity contribution in [2.24, 2.45) is 0 Å². The van der Waals surface area contributed by atoms with Crippen LogP contribution in [-0.2, 0) is 0 Å². The maximum Gasteiger partial charge on any atom is 0.220 e. The van der Waals surface area contributed by atoms with Crippen molar-refractivity contribution < 1.29 is 14.3 Å². The molecule has 0 saturated carbocycles. The molecule has 0 spiro atoms. The van der Waals surface area contributed by atoms with Gasteiger partial charge in [0.1, 0.15) is 0 Å². The molecule has 0 aromatic carbocycles. The van der Waals surface area contributed by atoms with E-state index in [4.69, 9.17) is 9.47 Å². The Morgan fingerprint density at radius 2 is 1.79 bits per heavy atom. The predicted octanol–water partition coefficient (Wildman–Crippen LogP) is 1.09. The van der Waals surface area contributed by atoms with Crippen molar-refractivity contribution in [3.05, 3.63) is 11.9 Å². The number of Topliss-reactive ketones (excluding diaryl/α,β-unsaturated/α-hetero) is 1. The van der Waals surface area contributed by atoms with E-state index in [2.05, 4.69) is 9.97 Å². The number of ether oxygens (including phenoxy) is 2. The first-order valence-electron chi connectivity index (χ1n) is 4.21. The summed E-state index contributed by atoms with van der Waals surface area (Å²) in [6, 6.07) is 1.52. The Balaban J connectivity index is 3.10. The number of carbonyl (C=O) groups excluding carboxylic acids is 1. The minimum Gasteiger partial charge on any atom is -0.481 e. The van der Waals surface area contributed by atoms with Crippen LogP contribution in [0.4, 0.5) is 0 Å². The maximum absolute atomic E-state index is 11.3. The molecule has 1 aromatic heterocycles. The van der Waals surface area contributed by atoms with Crippen molar-refractivity contribution in [2.75, 3.05) is 14.2 Å². The quantitative estimate of drug-likeness (QED) is 0.674. The number of rotatable bonds is 4. The highest BCUT2D eigenvalue weighted by Crippen LogP contribution is 2.15. The van der Waals surface area contributed by atoms with E-state index in [9.17, 15) is 4.79 Å². The number of ketones is 1. The maximum atomic E-state index is 11.3. The molecule has 0 atom stereocenters. The van der Waals surface area contributed by atoms with Crippen LogP contribution in [0.2, 0.25) is 0 Å². The Labute approximate surface area is 82.1 Å². The third-order valence-electron chi connectivity index (χ3n) is 1.67. The second kappa shape index (κ2) is 4.55. The zero-order valence-electron chi connectivity index (χ0n) is 8.40. The molecular weight excluding hydrogens is 184 g/mol. The molecule has 0 amide bonds. The molecule has 0 aliphatic carbocycles. The van der Waals surface area contributed by atoms with E-state index in [1.807, 2.05) is 0 Å². The minimum atomic E-state index is -0.137. The summed E-state index contributed by atoms with van der Waals surface area (Å²) in [5.41, 5.74) is 0. The molecule has 0 unspecified atom stereocenters. The van der Waals surface area contributed by atoms with Gasteiger partial charge in [-0.2, -0.15) is 9.97 Å². The van der Waals surface area contributed by atoms with Gasteiger partial charge in [-0.3, -0.25) is 4.79 Å². The van der Waals surface area contributed by atoms with E-state index in [1.54, 1.807) is 6.92 Å². The first kappa shape index (κ1) is 10.4. The number of hydrogen-bond donors (Lipinski definition) is 0. The summed E-state index contributed by atoms with van der Waals surface area (Å²) in [5, 5.41) is 0. The fourth-order valence-electron chi connectivity index (χ4n) is 0.896. The van der Waals surface area contributed by atoms with Gasteiger partial charge in [-0.25, -0.2) is 0 Å². The Morgan fingerprint density at radius 3 is 2.14 bits per heavy atom. The van der Waals surface area contributed by atoms with Gasteiger partial charge in [0.25, 0.3) is 0 Å². The van der Waals surface area contributed by atoms with Crippen LogP contribution in [0.25, 0.3) is 0 Å². The molecule has 0 radical (unpaired) electrons. The first-order valence-corrected chi connectivity index (χ1v) is 4.21. The predicted molar refractivity (Wildman–Crippen MR) is 49.8 cm³/mol. The van der Waals surface area contributed by atoms with Crippen molar-refractivity contribution in [2.45, 2.75) is 13.3 Å². The van der Waals surface area contributed by atoms with Gasteiger partial charge in [0.05, 0.1) is 20.3 Å². The number of hydrogen-bond acceptors (Lipinski definition) is 5. The monoisotopic (exact) mass is 196 g/mol. The summed E-state index contributed by atoms with van der Waals surface area (Å²) in [4.78, 5) is 19.1. The summed E-state index contributed by atoms with van der Waals surface area (Å²) in [6.45, 7) is 1.75. The minimum absolute atomic E-state index is 0.128. The van der Waals surface area contributed by atoms with Crippen molar-refractivity contribution in [1.29, 1.82) is 0 Å². The van der Waals surface area contributed by atoms with Crippen LogP contribution in [0.5, 0.6) is 11.8 Å². The molecule has 1 heterocycles. The zero-order chi connectivity index (χ0) is 10.6. The largest absolute Gasteiger partial charge is 0.481 e. The summed E-state index contributed by atoms with van der Waals surface area (Å²) >= 11 is 0. The fraction of sp³-hybridized carbons (Fsp3) is 0.444. The molecular formula is C9H12N2O3. The standard InChI is InChI=1S/C9H12N2O3/c1-4-6(12)9-10-7(13-2)5-8(11-9)14-3/h5H,4H2,1-3H3. The van der Waals surface area contributed by atoms with E-state index in [0.29, 0.717) is 18.2 Å². The second-order valence-corrected chi connectivity index (χ2v) is 2.55. The highest BCUT2D eigenvalue weighted by Gasteiger charge is 2.10. The first-order chi connectivity index (χ1) is 6.71. The van der Waals surface area contributed by atoms with Gasteiger partial charge in [0.15, 0.2) is 5.78 Å². The third kappa shape index (κ3) is 2.18. The lowest BCUT2D eigenvalue weighted by Crippen LogP contribution is -2.06. The van der Waals surface area contributed by atoms with Crippen LogP contribution in [-0.4, -0.2) is 30.0 Å². The Hall–Kier alpha value is -1.65. The van der Waals surface area contributed by atoms with Gasteiger partial charge >= 0.3 is 0 Å². The lowest BCUT2D eigenvalue weighted by Gasteiger charge is -2.04. The van der Waals surface area contributed by atoms with Crippen LogP contribution in [0, 0.1) is 0 Å². The fourth-order valence-corrected chi connectivity index (χ4v) is 0.896. The average molecular weight is 196 g/mol. The van der Waals surface area contributed by atoms with Crippen LogP contribution in [0.3, 0.4) is 0 Å². The van der Waals surface area contributed by atoms with Gasteiger partial charge in [0, 0.05) is 6.42 Å². The smallest absolute Gasteiger partial charge is 0.220 e. The number of carbonyl (C=O) groups is 1. The van der Waals surface area contributed by atoms with Crippen LogP contribution < -0.4 is 9.47 Å². The summed E-state index contributed by atoms with van der Waals surface area (Å²) in [7, 11) is 2.95. The lowest BCUT2D eigenvalue weighted by atomic mass is 10.3. The summed E-state index contributed by atoms with van der Waals surface area (Å²) in [6.07, 6.45) is 0.357. The Morgan fingerprint density at radius 1 is 1.29 bits per heavy atom. The number of nitrogens with zero attached hydrogens (tertiary/aromatic N) is 2. The lowest BCUT2D eigenvalue weighted by molar-refractivity contribution is 0.0976. The van der Waals surface area contributed by atoms with Crippen LogP contribution >= 0.6 is 0 Å². The highest BCUT2D eigenvalue weighted by molar-refractivity contribution is 5.92. The SMILES string of the molecule is CCC(=O)c1nc(OC)cc(OC)n1. The Kier molecular flexibility index (Phi) is 3.39. The van der Waals surface area contributed by atoms with Gasteiger partial charge < -0.3 is 9.47 Å². The average Bonchev–Trinajstić information content (AvgIpc) is 2.27. The second-order valence-electron chi connectivity index (χ2n) is 2.55. The van der Waals surface area contributed by atoms with Crippen LogP contribution in [0.1, 0.15) is 24.0 Å². The molecule has 0 fully saturated rings. The van der Waals surface area contributed by atoms with E-state index in [0.717, 1.165) is 0 Å². The molecule has 0 N–H and O–H groups in total. The number of methoxy groups -OCH3 is 2. The van der Waals surface area contributed by atoms with Gasteiger partial charge in [-0.15, -0.1) is 0 Å². The topological polar surface area (TPSA) is 61.3 Å². The normalized spacial score (nSPS) is 9.64. The van der Waals surface area contributed by atoms with Crippen molar-refractivity contribution in [3.8, 4) is 11.8 Å². The molecule has 0 bridgehead atoms.